The molecule has 16 heavy (non-hydrogen) atoms. The summed E-state index contributed by atoms with van der Waals surface area (Å²) in [6, 6.07) is 0. The summed E-state index contributed by atoms with van der Waals surface area (Å²) in [5.74, 6) is 0. The Kier molecular flexibility index (Phi) is 8.84. The minimum absolute atomic E-state index is 0.00814. The number of nitrogens with two attached hydrogens (primary N) is 1. The van der Waals surface area contributed by atoms with Crippen LogP contribution in [0.4, 0.5) is 0 Å². The van der Waals surface area contributed by atoms with Crippen LogP contribution in [0, 0.1) is 0 Å². The molecule has 0 atom stereocenters. The maximum Gasteiger partial charge on any atom is 0.0593 e. The van der Waals surface area contributed by atoms with Gasteiger partial charge in [-0.15, -0.1) is 0 Å². The molecule has 4 nitrogen and oxygen atoms in total. The molecule has 0 amide bonds. The van der Waals surface area contributed by atoms with Crippen molar-refractivity contribution in [2.45, 2.75) is 33.2 Å². The monoisotopic (exact) mass is 232 g/mol. The van der Waals surface area contributed by atoms with Gasteiger partial charge < -0.3 is 15.2 Å². The first-order valence-corrected chi connectivity index (χ1v) is 6.19. The lowest BCUT2D eigenvalue weighted by molar-refractivity contribution is 0.0373. The molecular weight excluding hydrogens is 204 g/mol. The summed E-state index contributed by atoms with van der Waals surface area (Å²) in [5, 5.41) is 0. The van der Waals surface area contributed by atoms with Crippen molar-refractivity contribution in [1.29, 1.82) is 0 Å². The Morgan fingerprint density at radius 1 is 1.00 bits per heavy atom. The maximum atomic E-state index is 5.79. The zero-order chi connectivity index (χ0) is 12.4. The van der Waals surface area contributed by atoms with Gasteiger partial charge in [0.2, 0.25) is 0 Å². The van der Waals surface area contributed by atoms with E-state index in [1.807, 2.05) is 13.8 Å². The summed E-state index contributed by atoms with van der Waals surface area (Å²) in [6.45, 7) is 13.8. The highest BCUT2D eigenvalue weighted by molar-refractivity contribution is 4.82. The van der Waals surface area contributed by atoms with Crippen LogP contribution < -0.4 is 5.73 Å². The topological polar surface area (TPSA) is 47.7 Å². The van der Waals surface area contributed by atoms with Crippen molar-refractivity contribution in [3.05, 3.63) is 0 Å². The van der Waals surface area contributed by atoms with Crippen LogP contribution in [0.15, 0.2) is 0 Å². The van der Waals surface area contributed by atoms with Crippen LogP contribution in [0.3, 0.4) is 0 Å². The third-order valence-electron chi connectivity index (χ3n) is 2.77. The molecule has 98 valence electrons. The second-order valence-electron chi connectivity index (χ2n) is 4.40. The van der Waals surface area contributed by atoms with Crippen molar-refractivity contribution in [3.63, 3.8) is 0 Å². The van der Waals surface area contributed by atoms with Crippen LogP contribution in [-0.4, -0.2) is 56.5 Å². The molecule has 0 bridgehead atoms. The predicted octanol–water partition coefficient (Wildman–Crippen LogP) is 1.10. The molecule has 0 rings (SSSR count). The lowest BCUT2D eigenvalue weighted by atomic mass is 10.0. The van der Waals surface area contributed by atoms with Gasteiger partial charge in [-0.3, -0.25) is 4.90 Å². The minimum atomic E-state index is 0.00814. The number of hydrogen-bond donors (Lipinski definition) is 1. The molecule has 0 radical (unpaired) electrons. The van der Waals surface area contributed by atoms with Crippen LogP contribution in [0.25, 0.3) is 0 Å². The van der Waals surface area contributed by atoms with E-state index in [0.717, 1.165) is 39.5 Å². The summed E-state index contributed by atoms with van der Waals surface area (Å²) in [6.07, 6.45) is 0. The molecule has 0 unspecified atom stereocenters. The fourth-order valence-electron chi connectivity index (χ4n) is 1.48. The number of ether oxygens (including phenoxy) is 2. The standard InChI is InChI=1S/C12H28N2O2/c1-5-15-9-7-14(8-10-16-6-2)12(3,4)11-13/h5-11,13H2,1-4H3. The van der Waals surface area contributed by atoms with Gasteiger partial charge in [0.05, 0.1) is 13.2 Å². The van der Waals surface area contributed by atoms with Crippen LogP contribution in [0.1, 0.15) is 27.7 Å². The average molecular weight is 232 g/mol. The molecule has 0 fully saturated rings. The average Bonchev–Trinajstić information content (AvgIpc) is 2.27. The first-order valence-electron chi connectivity index (χ1n) is 6.19. The lowest BCUT2D eigenvalue weighted by Crippen LogP contribution is -2.51. The molecule has 2 N–H and O–H groups in total. The summed E-state index contributed by atoms with van der Waals surface area (Å²) in [4.78, 5) is 2.33. The van der Waals surface area contributed by atoms with Gasteiger partial charge in [-0.25, -0.2) is 0 Å². The molecule has 0 aromatic carbocycles. The SMILES string of the molecule is CCOCCN(CCOCC)C(C)(C)CN. The zero-order valence-electron chi connectivity index (χ0n) is 11.3. The molecule has 0 aromatic heterocycles. The predicted molar refractivity (Wildman–Crippen MR) is 67.7 cm³/mol. The van der Waals surface area contributed by atoms with E-state index in [2.05, 4.69) is 18.7 Å². The smallest absolute Gasteiger partial charge is 0.0593 e. The quantitative estimate of drug-likeness (QED) is 0.573. The van der Waals surface area contributed by atoms with Crippen molar-refractivity contribution >= 4 is 0 Å². The zero-order valence-corrected chi connectivity index (χ0v) is 11.3. The normalized spacial score (nSPS) is 12.4. The summed E-state index contributed by atoms with van der Waals surface area (Å²) < 4.78 is 10.8. The number of rotatable bonds is 10. The van der Waals surface area contributed by atoms with Crippen molar-refractivity contribution in [1.82, 2.24) is 4.90 Å². The molecular formula is C12H28N2O2. The molecule has 0 saturated carbocycles. The van der Waals surface area contributed by atoms with Gasteiger partial charge >= 0.3 is 0 Å². The van der Waals surface area contributed by atoms with E-state index >= 15 is 0 Å². The largest absolute Gasteiger partial charge is 0.380 e. The third kappa shape index (κ3) is 6.43. The second kappa shape index (κ2) is 8.93. The molecule has 0 aromatic rings. The van der Waals surface area contributed by atoms with Crippen LogP contribution >= 0.6 is 0 Å². The maximum absolute atomic E-state index is 5.79. The van der Waals surface area contributed by atoms with Crippen LogP contribution in [0.2, 0.25) is 0 Å². The third-order valence-corrected chi connectivity index (χ3v) is 2.77. The van der Waals surface area contributed by atoms with Crippen LogP contribution in [0.5, 0.6) is 0 Å². The van der Waals surface area contributed by atoms with Crippen LogP contribution in [-0.2, 0) is 9.47 Å². The van der Waals surface area contributed by atoms with E-state index in [4.69, 9.17) is 15.2 Å². The Balaban J connectivity index is 4.05. The van der Waals surface area contributed by atoms with E-state index in [1.165, 1.54) is 0 Å². The van der Waals surface area contributed by atoms with Crippen molar-refractivity contribution in [2.24, 2.45) is 5.73 Å². The van der Waals surface area contributed by atoms with E-state index in [0.29, 0.717) is 6.54 Å². The van der Waals surface area contributed by atoms with Gasteiger partial charge in [-0.1, -0.05) is 0 Å². The van der Waals surface area contributed by atoms with Crippen molar-refractivity contribution < 1.29 is 9.47 Å². The molecule has 0 saturated heterocycles. The summed E-state index contributed by atoms with van der Waals surface area (Å²) in [5.41, 5.74) is 5.80. The number of nitrogens with zero attached hydrogens (tertiary/aromatic N) is 1. The Bertz CT molecular complexity index is 153. The van der Waals surface area contributed by atoms with E-state index in [9.17, 15) is 0 Å². The highest BCUT2D eigenvalue weighted by Crippen LogP contribution is 2.11. The highest BCUT2D eigenvalue weighted by atomic mass is 16.5. The van der Waals surface area contributed by atoms with Gasteiger partial charge in [0.1, 0.15) is 0 Å². The van der Waals surface area contributed by atoms with E-state index in [1.54, 1.807) is 0 Å². The first kappa shape index (κ1) is 15.8. The highest BCUT2D eigenvalue weighted by Gasteiger charge is 2.24. The fraction of sp³-hybridized carbons (Fsp3) is 1.00. The Morgan fingerprint density at radius 2 is 1.44 bits per heavy atom. The lowest BCUT2D eigenvalue weighted by Gasteiger charge is -2.37. The Hall–Kier alpha value is -0.160. The van der Waals surface area contributed by atoms with Crippen molar-refractivity contribution in [3.8, 4) is 0 Å². The van der Waals surface area contributed by atoms with E-state index in [-0.39, 0.29) is 5.54 Å². The van der Waals surface area contributed by atoms with Gasteiger partial charge in [0.25, 0.3) is 0 Å². The number of hydrogen-bond acceptors (Lipinski definition) is 4. The molecule has 0 aliphatic carbocycles. The Labute approximate surface area is 100 Å². The molecule has 0 heterocycles. The second-order valence-corrected chi connectivity index (χ2v) is 4.40. The first-order chi connectivity index (χ1) is 7.58. The summed E-state index contributed by atoms with van der Waals surface area (Å²) in [7, 11) is 0. The van der Waals surface area contributed by atoms with Gasteiger partial charge in [0, 0.05) is 38.4 Å². The van der Waals surface area contributed by atoms with Crippen molar-refractivity contribution in [2.75, 3.05) is 46.1 Å². The minimum Gasteiger partial charge on any atom is -0.380 e. The van der Waals surface area contributed by atoms with Gasteiger partial charge in [-0.2, -0.15) is 0 Å². The molecule has 0 aliphatic rings. The molecule has 0 aliphatic heterocycles. The summed E-state index contributed by atoms with van der Waals surface area (Å²) >= 11 is 0. The Morgan fingerprint density at radius 3 is 1.75 bits per heavy atom. The van der Waals surface area contributed by atoms with Gasteiger partial charge in [-0.05, 0) is 27.7 Å². The molecule has 4 heteroatoms. The van der Waals surface area contributed by atoms with Gasteiger partial charge in [0.15, 0.2) is 0 Å². The van der Waals surface area contributed by atoms with E-state index < -0.39 is 0 Å². The molecule has 0 spiro atoms. The fourth-order valence-corrected chi connectivity index (χ4v) is 1.48.